The van der Waals surface area contributed by atoms with Gasteiger partial charge in [-0.05, 0) is 35.2 Å². The molecule has 0 fully saturated rings. The minimum atomic E-state index is -0.0535. The lowest BCUT2D eigenvalue weighted by Crippen LogP contribution is -2.17. The molecule has 3 aromatic rings. The lowest BCUT2D eigenvalue weighted by molar-refractivity contribution is -0.112. The Bertz CT molecular complexity index is 879. The predicted molar refractivity (Wildman–Crippen MR) is 87.2 cm³/mol. The molecule has 0 radical (unpaired) electrons. The maximum absolute atomic E-state index is 12.2. The SMILES string of the molecule is O=C1Nc2ccccc2S/C1=C\c1cccc2cc[nH]c12. The minimum Gasteiger partial charge on any atom is -0.361 e. The number of amides is 1. The number of carbonyl (C=O) groups excluding carboxylic acids is 1. The number of benzene rings is 2. The largest absolute Gasteiger partial charge is 0.361 e. The van der Waals surface area contributed by atoms with Crippen molar-refractivity contribution in [3.63, 3.8) is 0 Å². The van der Waals surface area contributed by atoms with Gasteiger partial charge in [-0.25, -0.2) is 0 Å². The van der Waals surface area contributed by atoms with Crippen LogP contribution in [-0.2, 0) is 4.79 Å². The Kier molecular flexibility index (Phi) is 2.82. The Morgan fingerprint density at radius 1 is 1.00 bits per heavy atom. The van der Waals surface area contributed by atoms with Crippen LogP contribution >= 0.6 is 11.8 Å². The third-order valence-corrected chi connectivity index (χ3v) is 4.58. The first-order chi connectivity index (χ1) is 10.3. The number of rotatable bonds is 1. The van der Waals surface area contributed by atoms with Crippen LogP contribution in [0.15, 0.2) is 64.5 Å². The summed E-state index contributed by atoms with van der Waals surface area (Å²) in [6.45, 7) is 0. The Labute approximate surface area is 126 Å². The van der Waals surface area contributed by atoms with E-state index in [9.17, 15) is 4.79 Å². The molecule has 3 nitrogen and oxygen atoms in total. The number of carbonyl (C=O) groups is 1. The number of nitrogens with one attached hydrogen (secondary N) is 2. The first-order valence-corrected chi connectivity index (χ1v) is 7.49. The molecule has 1 aromatic heterocycles. The number of anilines is 1. The summed E-state index contributed by atoms with van der Waals surface area (Å²) >= 11 is 1.51. The molecule has 1 aliphatic heterocycles. The first kappa shape index (κ1) is 12.3. The monoisotopic (exact) mass is 292 g/mol. The van der Waals surface area contributed by atoms with Gasteiger partial charge in [-0.3, -0.25) is 4.79 Å². The van der Waals surface area contributed by atoms with E-state index in [4.69, 9.17) is 0 Å². The maximum Gasteiger partial charge on any atom is 0.262 e. The van der Waals surface area contributed by atoms with E-state index in [1.807, 2.05) is 54.7 Å². The number of fused-ring (bicyclic) bond motifs is 2. The Morgan fingerprint density at radius 3 is 2.86 bits per heavy atom. The number of aromatic nitrogens is 1. The van der Waals surface area contributed by atoms with Crippen LogP contribution in [0.3, 0.4) is 0 Å². The second-order valence-electron chi connectivity index (χ2n) is 4.85. The zero-order valence-electron chi connectivity index (χ0n) is 11.1. The van der Waals surface area contributed by atoms with E-state index in [2.05, 4.69) is 16.4 Å². The number of hydrogen-bond acceptors (Lipinski definition) is 2. The quantitative estimate of drug-likeness (QED) is 0.658. The van der Waals surface area contributed by atoms with Crippen LogP contribution in [0.5, 0.6) is 0 Å². The molecule has 2 heterocycles. The van der Waals surface area contributed by atoms with Crippen LogP contribution in [0, 0.1) is 0 Å². The predicted octanol–water partition coefficient (Wildman–Crippen LogP) is 4.25. The third kappa shape index (κ3) is 2.14. The lowest BCUT2D eigenvalue weighted by atomic mass is 10.1. The normalized spacial score (nSPS) is 16.0. The molecule has 102 valence electrons. The van der Waals surface area contributed by atoms with Gasteiger partial charge in [0.2, 0.25) is 0 Å². The topological polar surface area (TPSA) is 44.9 Å². The van der Waals surface area contributed by atoms with Crippen molar-refractivity contribution in [2.24, 2.45) is 0 Å². The van der Waals surface area contributed by atoms with Gasteiger partial charge < -0.3 is 10.3 Å². The van der Waals surface area contributed by atoms with Gasteiger partial charge >= 0.3 is 0 Å². The molecule has 0 saturated carbocycles. The average Bonchev–Trinajstić information content (AvgIpc) is 2.97. The van der Waals surface area contributed by atoms with E-state index in [1.54, 1.807) is 0 Å². The van der Waals surface area contributed by atoms with Gasteiger partial charge in [-0.2, -0.15) is 0 Å². The smallest absolute Gasteiger partial charge is 0.262 e. The van der Waals surface area contributed by atoms with Gasteiger partial charge in [0, 0.05) is 11.1 Å². The van der Waals surface area contributed by atoms with Crippen LogP contribution < -0.4 is 5.32 Å². The average molecular weight is 292 g/mol. The van der Waals surface area contributed by atoms with E-state index >= 15 is 0 Å². The molecule has 0 aliphatic carbocycles. The Hall–Kier alpha value is -2.46. The van der Waals surface area contributed by atoms with Crippen molar-refractivity contribution >= 4 is 40.3 Å². The van der Waals surface area contributed by atoms with Crippen molar-refractivity contribution in [1.82, 2.24) is 4.98 Å². The van der Waals surface area contributed by atoms with Crippen LogP contribution in [-0.4, -0.2) is 10.9 Å². The number of aromatic amines is 1. The number of thioether (sulfide) groups is 1. The first-order valence-electron chi connectivity index (χ1n) is 6.67. The number of para-hydroxylation sites is 2. The fourth-order valence-corrected chi connectivity index (χ4v) is 3.42. The van der Waals surface area contributed by atoms with E-state index in [0.717, 1.165) is 27.0 Å². The van der Waals surface area contributed by atoms with Gasteiger partial charge in [0.05, 0.1) is 16.1 Å². The molecule has 2 N–H and O–H groups in total. The molecular formula is C17H12N2OS. The molecule has 4 heteroatoms. The highest BCUT2D eigenvalue weighted by Gasteiger charge is 2.20. The van der Waals surface area contributed by atoms with Crippen molar-refractivity contribution < 1.29 is 4.79 Å². The molecule has 0 unspecified atom stereocenters. The summed E-state index contributed by atoms with van der Waals surface area (Å²) in [4.78, 5) is 17.2. The summed E-state index contributed by atoms with van der Waals surface area (Å²) in [6.07, 6.45) is 3.85. The highest BCUT2D eigenvalue weighted by molar-refractivity contribution is 8.04. The van der Waals surface area contributed by atoms with Crippen LogP contribution in [0.4, 0.5) is 5.69 Å². The molecule has 0 spiro atoms. The van der Waals surface area contributed by atoms with Gasteiger partial charge in [0.25, 0.3) is 5.91 Å². The zero-order valence-corrected chi connectivity index (χ0v) is 11.9. The molecule has 2 aromatic carbocycles. The molecule has 4 rings (SSSR count). The molecule has 1 aliphatic rings. The summed E-state index contributed by atoms with van der Waals surface area (Å²) in [5.74, 6) is -0.0535. The van der Waals surface area contributed by atoms with Gasteiger partial charge in [0.1, 0.15) is 0 Å². The summed E-state index contributed by atoms with van der Waals surface area (Å²) < 4.78 is 0. The summed E-state index contributed by atoms with van der Waals surface area (Å²) in [6, 6.07) is 15.9. The third-order valence-electron chi connectivity index (χ3n) is 3.49. The highest BCUT2D eigenvalue weighted by atomic mass is 32.2. The van der Waals surface area contributed by atoms with Crippen LogP contribution in [0.1, 0.15) is 5.56 Å². The molecule has 0 atom stereocenters. The number of H-pyrrole nitrogens is 1. The van der Waals surface area contributed by atoms with Crippen LogP contribution in [0.2, 0.25) is 0 Å². The minimum absolute atomic E-state index is 0.0535. The van der Waals surface area contributed by atoms with E-state index in [1.165, 1.54) is 11.8 Å². The summed E-state index contributed by atoms with van der Waals surface area (Å²) in [7, 11) is 0. The van der Waals surface area contributed by atoms with E-state index in [-0.39, 0.29) is 5.91 Å². The molecular weight excluding hydrogens is 280 g/mol. The molecule has 0 saturated heterocycles. The molecule has 21 heavy (non-hydrogen) atoms. The van der Waals surface area contributed by atoms with E-state index < -0.39 is 0 Å². The lowest BCUT2D eigenvalue weighted by Gasteiger charge is -2.18. The summed E-state index contributed by atoms with van der Waals surface area (Å²) in [5.41, 5.74) is 2.95. The zero-order chi connectivity index (χ0) is 14.2. The Morgan fingerprint density at radius 2 is 1.90 bits per heavy atom. The summed E-state index contributed by atoms with van der Waals surface area (Å²) in [5, 5.41) is 4.08. The molecule has 0 bridgehead atoms. The maximum atomic E-state index is 12.2. The van der Waals surface area contributed by atoms with Gasteiger partial charge in [-0.1, -0.05) is 42.1 Å². The highest BCUT2D eigenvalue weighted by Crippen LogP contribution is 2.38. The van der Waals surface area contributed by atoms with Crippen molar-refractivity contribution in [3.05, 3.63) is 65.2 Å². The number of hydrogen-bond donors (Lipinski definition) is 2. The van der Waals surface area contributed by atoms with Crippen molar-refractivity contribution in [1.29, 1.82) is 0 Å². The fraction of sp³-hybridized carbons (Fsp3) is 0. The molecule has 1 amide bonds. The standard InChI is InChI=1S/C17H12N2OS/c20-17-15(21-14-7-2-1-6-13(14)19-17)10-12-5-3-4-11-8-9-18-16(11)12/h1-10,18H,(H,19,20)/b15-10-. The van der Waals surface area contributed by atoms with Crippen molar-refractivity contribution in [2.45, 2.75) is 4.90 Å². The second kappa shape index (κ2) is 4.82. The van der Waals surface area contributed by atoms with Gasteiger partial charge in [-0.15, -0.1) is 0 Å². The van der Waals surface area contributed by atoms with Crippen molar-refractivity contribution in [3.8, 4) is 0 Å². The van der Waals surface area contributed by atoms with Gasteiger partial charge in [0.15, 0.2) is 0 Å². The second-order valence-corrected chi connectivity index (χ2v) is 5.93. The van der Waals surface area contributed by atoms with Crippen molar-refractivity contribution in [2.75, 3.05) is 5.32 Å². The van der Waals surface area contributed by atoms with Crippen LogP contribution in [0.25, 0.3) is 17.0 Å². The van der Waals surface area contributed by atoms with E-state index in [0.29, 0.717) is 4.91 Å². The Balaban J connectivity index is 1.80. The fourth-order valence-electron chi connectivity index (χ4n) is 2.47.